The average Bonchev–Trinajstić information content (AvgIpc) is 2.28. The predicted molar refractivity (Wildman–Crippen MR) is 73.1 cm³/mol. The summed E-state index contributed by atoms with van der Waals surface area (Å²) in [7, 11) is 0. The van der Waals surface area contributed by atoms with E-state index in [1.165, 1.54) is 25.7 Å². The van der Waals surface area contributed by atoms with Crippen molar-refractivity contribution in [2.75, 3.05) is 0 Å². The fourth-order valence-corrected chi connectivity index (χ4v) is 2.06. The normalized spacial score (nSPS) is 12.6. The van der Waals surface area contributed by atoms with Crippen LogP contribution in [0.15, 0.2) is 0 Å². The molecule has 0 aliphatic rings. The van der Waals surface area contributed by atoms with Crippen molar-refractivity contribution in [1.29, 1.82) is 0 Å². The topological polar surface area (TPSA) is 37.3 Å². The Morgan fingerprint density at radius 2 is 1.47 bits per heavy atom. The Kier molecular flexibility index (Phi) is 11.8. The van der Waals surface area contributed by atoms with Gasteiger partial charge in [0.1, 0.15) is 5.78 Å². The lowest BCUT2D eigenvalue weighted by atomic mass is 10.0. The van der Waals surface area contributed by atoms with E-state index in [9.17, 15) is 9.90 Å². The molecular weight excluding hydrogens is 212 g/mol. The number of aliphatic hydroxyl groups is 1. The van der Waals surface area contributed by atoms with E-state index < -0.39 is 0 Å². The van der Waals surface area contributed by atoms with E-state index in [1.807, 2.05) is 0 Å². The highest BCUT2D eigenvalue weighted by Crippen LogP contribution is 2.12. The molecule has 1 atom stereocenters. The van der Waals surface area contributed by atoms with Gasteiger partial charge in [-0.1, -0.05) is 51.9 Å². The third-order valence-electron chi connectivity index (χ3n) is 3.21. The highest BCUT2D eigenvalue weighted by atomic mass is 16.3. The molecule has 0 rings (SSSR count). The van der Waals surface area contributed by atoms with Crippen molar-refractivity contribution in [3.63, 3.8) is 0 Å². The molecule has 0 aromatic carbocycles. The first-order chi connectivity index (χ1) is 8.16. The molecule has 1 unspecified atom stereocenters. The molecule has 0 aliphatic carbocycles. The summed E-state index contributed by atoms with van der Waals surface area (Å²) in [4.78, 5) is 10.7. The molecule has 0 amide bonds. The van der Waals surface area contributed by atoms with Crippen LogP contribution in [0.4, 0.5) is 0 Å². The molecule has 0 saturated heterocycles. The second kappa shape index (κ2) is 12.1. The summed E-state index contributed by atoms with van der Waals surface area (Å²) in [5, 5.41) is 9.71. The highest BCUT2D eigenvalue weighted by molar-refractivity contribution is 5.75. The van der Waals surface area contributed by atoms with Gasteiger partial charge >= 0.3 is 0 Å². The number of rotatable bonds is 12. The van der Waals surface area contributed by atoms with E-state index in [1.54, 1.807) is 6.92 Å². The maximum Gasteiger partial charge on any atom is 0.129 e. The molecule has 2 nitrogen and oxygen atoms in total. The maximum absolute atomic E-state index is 10.7. The lowest BCUT2D eigenvalue weighted by Crippen LogP contribution is -2.05. The van der Waals surface area contributed by atoms with Gasteiger partial charge in [0.15, 0.2) is 0 Å². The van der Waals surface area contributed by atoms with Gasteiger partial charge in [0.2, 0.25) is 0 Å². The minimum absolute atomic E-state index is 0.0845. The average molecular weight is 242 g/mol. The van der Waals surface area contributed by atoms with Crippen LogP contribution in [-0.4, -0.2) is 17.0 Å². The van der Waals surface area contributed by atoms with Gasteiger partial charge < -0.3 is 9.90 Å². The molecule has 102 valence electrons. The number of Topliss-reactive ketones (excluding diaryl/α,β-unsaturated/α-hetero) is 1. The Balaban J connectivity index is 3.13. The first kappa shape index (κ1) is 16.6. The zero-order valence-electron chi connectivity index (χ0n) is 11.7. The summed E-state index contributed by atoms with van der Waals surface area (Å²) >= 11 is 0. The molecule has 0 aromatic heterocycles. The van der Waals surface area contributed by atoms with Crippen molar-refractivity contribution >= 4 is 5.78 Å². The SMILES string of the molecule is CCCCCC(O)CCCCCCCC(C)=O. The fraction of sp³-hybridized carbons (Fsp3) is 0.933. The van der Waals surface area contributed by atoms with Gasteiger partial charge in [0.25, 0.3) is 0 Å². The predicted octanol–water partition coefficient (Wildman–Crippen LogP) is 4.25. The third kappa shape index (κ3) is 13.6. The molecule has 1 N–H and O–H groups in total. The summed E-state index contributed by atoms with van der Waals surface area (Å²) in [6.45, 7) is 3.85. The van der Waals surface area contributed by atoms with Crippen LogP contribution in [0.3, 0.4) is 0 Å². The molecular formula is C15H30O2. The molecule has 0 bridgehead atoms. The van der Waals surface area contributed by atoms with Gasteiger partial charge in [-0.3, -0.25) is 0 Å². The second-order valence-electron chi connectivity index (χ2n) is 5.16. The Labute approximate surface area is 107 Å². The standard InChI is InChI=1S/C15H30O2/c1-3-4-8-12-15(17)13-10-7-5-6-9-11-14(2)16/h15,17H,3-13H2,1-2H3. The number of carbonyl (C=O) groups excluding carboxylic acids is 1. The van der Waals surface area contributed by atoms with E-state index >= 15 is 0 Å². The molecule has 0 saturated carbocycles. The Hall–Kier alpha value is -0.370. The van der Waals surface area contributed by atoms with Crippen LogP contribution >= 0.6 is 0 Å². The van der Waals surface area contributed by atoms with Crippen molar-refractivity contribution in [3.05, 3.63) is 0 Å². The molecule has 0 radical (unpaired) electrons. The highest BCUT2D eigenvalue weighted by Gasteiger charge is 2.03. The second-order valence-corrected chi connectivity index (χ2v) is 5.16. The van der Waals surface area contributed by atoms with Crippen LogP contribution in [0.1, 0.15) is 84.5 Å². The lowest BCUT2D eigenvalue weighted by molar-refractivity contribution is -0.117. The summed E-state index contributed by atoms with van der Waals surface area (Å²) in [5.41, 5.74) is 0. The molecule has 2 heteroatoms. The number of unbranched alkanes of at least 4 members (excludes halogenated alkanes) is 6. The van der Waals surface area contributed by atoms with Gasteiger partial charge in [-0.2, -0.15) is 0 Å². The van der Waals surface area contributed by atoms with Crippen LogP contribution in [0.25, 0.3) is 0 Å². The first-order valence-corrected chi connectivity index (χ1v) is 7.34. The van der Waals surface area contributed by atoms with Crippen LogP contribution in [0.2, 0.25) is 0 Å². The van der Waals surface area contributed by atoms with E-state index in [0.29, 0.717) is 5.78 Å². The third-order valence-corrected chi connectivity index (χ3v) is 3.21. The largest absolute Gasteiger partial charge is 0.393 e. The number of hydrogen-bond donors (Lipinski definition) is 1. The molecule has 0 heterocycles. The summed E-state index contributed by atoms with van der Waals surface area (Å²) < 4.78 is 0. The van der Waals surface area contributed by atoms with E-state index in [2.05, 4.69) is 6.92 Å². The van der Waals surface area contributed by atoms with E-state index in [-0.39, 0.29) is 6.10 Å². The molecule has 0 aliphatic heterocycles. The van der Waals surface area contributed by atoms with Crippen molar-refractivity contribution in [2.45, 2.75) is 90.6 Å². The van der Waals surface area contributed by atoms with Crippen molar-refractivity contribution in [1.82, 2.24) is 0 Å². The molecule has 0 spiro atoms. The van der Waals surface area contributed by atoms with E-state index in [0.717, 1.165) is 44.9 Å². The number of aliphatic hydroxyl groups excluding tert-OH is 1. The quantitative estimate of drug-likeness (QED) is 0.519. The molecule has 17 heavy (non-hydrogen) atoms. The van der Waals surface area contributed by atoms with Gasteiger partial charge in [-0.25, -0.2) is 0 Å². The van der Waals surface area contributed by atoms with Gasteiger partial charge in [0, 0.05) is 6.42 Å². The van der Waals surface area contributed by atoms with Crippen LogP contribution in [0.5, 0.6) is 0 Å². The van der Waals surface area contributed by atoms with Crippen LogP contribution in [-0.2, 0) is 4.79 Å². The summed E-state index contributed by atoms with van der Waals surface area (Å²) in [6.07, 6.45) is 11.9. The van der Waals surface area contributed by atoms with Gasteiger partial charge in [-0.05, 0) is 26.2 Å². The van der Waals surface area contributed by atoms with Crippen molar-refractivity contribution < 1.29 is 9.90 Å². The van der Waals surface area contributed by atoms with Gasteiger partial charge in [-0.15, -0.1) is 0 Å². The first-order valence-electron chi connectivity index (χ1n) is 7.34. The number of ketones is 1. The fourth-order valence-electron chi connectivity index (χ4n) is 2.06. The lowest BCUT2D eigenvalue weighted by Gasteiger charge is -2.09. The smallest absolute Gasteiger partial charge is 0.129 e. The monoisotopic (exact) mass is 242 g/mol. The van der Waals surface area contributed by atoms with Crippen molar-refractivity contribution in [2.24, 2.45) is 0 Å². The molecule has 0 aromatic rings. The minimum atomic E-state index is -0.0845. The van der Waals surface area contributed by atoms with Gasteiger partial charge in [0.05, 0.1) is 6.10 Å². The minimum Gasteiger partial charge on any atom is -0.393 e. The van der Waals surface area contributed by atoms with Crippen LogP contribution < -0.4 is 0 Å². The Bertz CT molecular complexity index is 178. The Morgan fingerprint density at radius 3 is 2.06 bits per heavy atom. The zero-order chi connectivity index (χ0) is 12.9. The van der Waals surface area contributed by atoms with Crippen LogP contribution in [0, 0.1) is 0 Å². The van der Waals surface area contributed by atoms with Crippen molar-refractivity contribution in [3.8, 4) is 0 Å². The Morgan fingerprint density at radius 1 is 0.941 bits per heavy atom. The number of carbonyl (C=O) groups is 1. The summed E-state index contributed by atoms with van der Waals surface area (Å²) in [6, 6.07) is 0. The summed E-state index contributed by atoms with van der Waals surface area (Å²) in [5.74, 6) is 0.302. The molecule has 0 fully saturated rings. The maximum atomic E-state index is 10.7. The van der Waals surface area contributed by atoms with E-state index in [4.69, 9.17) is 0 Å². The number of hydrogen-bond acceptors (Lipinski definition) is 2. The zero-order valence-corrected chi connectivity index (χ0v) is 11.7.